The summed E-state index contributed by atoms with van der Waals surface area (Å²) in [6.45, 7) is 0. The van der Waals surface area contributed by atoms with Crippen LogP contribution in [0, 0.1) is 5.92 Å². The highest BCUT2D eigenvalue weighted by Gasteiger charge is 2.30. The number of carbonyl (C=O) groups excluding carboxylic acids is 1. The van der Waals surface area contributed by atoms with Crippen LogP contribution in [0.15, 0.2) is 0 Å². The molecular formula is C11H18N2O3. The Bertz CT molecular complexity index is 281. The SMILES string of the molecule is O=C(O)NC1CCC(C(=O)NC2CC2)CC1. The molecule has 0 unspecified atom stereocenters. The summed E-state index contributed by atoms with van der Waals surface area (Å²) in [5.41, 5.74) is 0. The maximum absolute atomic E-state index is 11.7. The van der Waals surface area contributed by atoms with Gasteiger partial charge >= 0.3 is 6.09 Å². The van der Waals surface area contributed by atoms with E-state index >= 15 is 0 Å². The molecule has 0 aromatic heterocycles. The highest BCUT2D eigenvalue weighted by Crippen LogP contribution is 2.26. The van der Waals surface area contributed by atoms with Crippen LogP contribution in [0.3, 0.4) is 0 Å². The standard InChI is InChI=1S/C11H18N2O3/c14-10(12-8-5-6-8)7-1-3-9(4-2-7)13-11(15)16/h7-9,13H,1-6H2,(H,12,14)(H,15,16). The highest BCUT2D eigenvalue weighted by molar-refractivity contribution is 5.79. The summed E-state index contributed by atoms with van der Waals surface area (Å²) in [5.74, 6) is 0.253. The highest BCUT2D eigenvalue weighted by atomic mass is 16.4. The molecule has 5 heteroatoms. The smallest absolute Gasteiger partial charge is 0.404 e. The molecule has 0 radical (unpaired) electrons. The molecule has 90 valence electrons. The quantitative estimate of drug-likeness (QED) is 0.674. The summed E-state index contributed by atoms with van der Waals surface area (Å²) in [4.78, 5) is 22.2. The van der Waals surface area contributed by atoms with Gasteiger partial charge < -0.3 is 15.7 Å². The van der Waals surface area contributed by atoms with E-state index in [-0.39, 0.29) is 17.9 Å². The Morgan fingerprint density at radius 2 is 1.38 bits per heavy atom. The molecule has 2 aliphatic carbocycles. The van der Waals surface area contributed by atoms with Gasteiger partial charge in [0.25, 0.3) is 0 Å². The number of hydrogen-bond acceptors (Lipinski definition) is 2. The average Bonchev–Trinajstić information content (AvgIpc) is 3.01. The first kappa shape index (κ1) is 11.2. The van der Waals surface area contributed by atoms with Crippen molar-refractivity contribution in [3.05, 3.63) is 0 Å². The maximum atomic E-state index is 11.7. The lowest BCUT2D eigenvalue weighted by Gasteiger charge is -2.27. The van der Waals surface area contributed by atoms with Gasteiger partial charge in [-0.3, -0.25) is 4.79 Å². The Balaban J connectivity index is 1.71. The van der Waals surface area contributed by atoms with Crippen molar-refractivity contribution < 1.29 is 14.7 Å². The molecule has 2 saturated carbocycles. The van der Waals surface area contributed by atoms with Gasteiger partial charge in [0.2, 0.25) is 5.91 Å². The predicted molar refractivity (Wildman–Crippen MR) is 58.1 cm³/mol. The lowest BCUT2D eigenvalue weighted by Crippen LogP contribution is -2.40. The zero-order valence-corrected chi connectivity index (χ0v) is 9.24. The van der Waals surface area contributed by atoms with Gasteiger partial charge in [0, 0.05) is 18.0 Å². The zero-order chi connectivity index (χ0) is 11.5. The van der Waals surface area contributed by atoms with E-state index in [0.29, 0.717) is 6.04 Å². The van der Waals surface area contributed by atoms with Crippen molar-refractivity contribution in [1.29, 1.82) is 0 Å². The molecule has 2 fully saturated rings. The molecule has 16 heavy (non-hydrogen) atoms. The van der Waals surface area contributed by atoms with E-state index in [2.05, 4.69) is 10.6 Å². The molecule has 2 rings (SSSR count). The first-order valence-corrected chi connectivity index (χ1v) is 5.95. The van der Waals surface area contributed by atoms with Crippen LogP contribution in [0.1, 0.15) is 38.5 Å². The van der Waals surface area contributed by atoms with Crippen molar-refractivity contribution in [2.24, 2.45) is 5.92 Å². The second-order valence-corrected chi connectivity index (χ2v) is 4.78. The number of rotatable bonds is 3. The maximum Gasteiger partial charge on any atom is 0.404 e. The minimum absolute atomic E-state index is 0.0301. The van der Waals surface area contributed by atoms with Gasteiger partial charge in [-0.15, -0.1) is 0 Å². The van der Waals surface area contributed by atoms with Crippen LogP contribution in [0.5, 0.6) is 0 Å². The van der Waals surface area contributed by atoms with E-state index < -0.39 is 6.09 Å². The summed E-state index contributed by atoms with van der Waals surface area (Å²) in [5, 5.41) is 14.1. The minimum atomic E-state index is -0.967. The van der Waals surface area contributed by atoms with Gasteiger partial charge in [-0.05, 0) is 38.5 Å². The van der Waals surface area contributed by atoms with Gasteiger partial charge in [0.1, 0.15) is 0 Å². The Labute approximate surface area is 94.6 Å². The summed E-state index contributed by atoms with van der Waals surface area (Å²) in [6.07, 6.45) is 4.39. The summed E-state index contributed by atoms with van der Waals surface area (Å²) >= 11 is 0. The number of nitrogens with one attached hydrogen (secondary N) is 2. The predicted octanol–water partition coefficient (Wildman–Crippen LogP) is 1.09. The lowest BCUT2D eigenvalue weighted by atomic mass is 9.85. The molecule has 0 aromatic rings. The van der Waals surface area contributed by atoms with Crippen LogP contribution in [-0.4, -0.2) is 29.2 Å². The van der Waals surface area contributed by atoms with E-state index in [1.807, 2.05) is 0 Å². The fraction of sp³-hybridized carbons (Fsp3) is 0.818. The number of amides is 2. The second-order valence-electron chi connectivity index (χ2n) is 4.78. The minimum Gasteiger partial charge on any atom is -0.465 e. The molecule has 2 aliphatic rings. The topological polar surface area (TPSA) is 78.4 Å². The van der Waals surface area contributed by atoms with Gasteiger partial charge in [0.15, 0.2) is 0 Å². The molecule has 0 spiro atoms. The molecule has 0 aliphatic heterocycles. The first-order chi connectivity index (χ1) is 7.65. The van der Waals surface area contributed by atoms with Crippen LogP contribution in [0.2, 0.25) is 0 Å². The van der Waals surface area contributed by atoms with Crippen molar-refractivity contribution in [3.63, 3.8) is 0 Å². The van der Waals surface area contributed by atoms with Crippen molar-refractivity contribution >= 4 is 12.0 Å². The largest absolute Gasteiger partial charge is 0.465 e. The van der Waals surface area contributed by atoms with Gasteiger partial charge in [-0.25, -0.2) is 4.79 Å². The Morgan fingerprint density at radius 1 is 0.875 bits per heavy atom. The second kappa shape index (κ2) is 4.72. The van der Waals surface area contributed by atoms with Gasteiger partial charge in [-0.1, -0.05) is 0 Å². The molecule has 0 saturated heterocycles. The third-order valence-corrected chi connectivity index (χ3v) is 3.35. The van der Waals surface area contributed by atoms with E-state index in [1.54, 1.807) is 0 Å². The van der Waals surface area contributed by atoms with Crippen LogP contribution >= 0.6 is 0 Å². The Morgan fingerprint density at radius 3 is 1.88 bits per heavy atom. The summed E-state index contributed by atoms with van der Waals surface area (Å²) < 4.78 is 0. The van der Waals surface area contributed by atoms with Crippen LogP contribution in [0.25, 0.3) is 0 Å². The number of carboxylic acid groups (broad SMARTS) is 1. The van der Waals surface area contributed by atoms with E-state index in [4.69, 9.17) is 5.11 Å². The van der Waals surface area contributed by atoms with Crippen molar-refractivity contribution in [2.45, 2.75) is 50.6 Å². The lowest BCUT2D eigenvalue weighted by molar-refractivity contribution is -0.126. The Hall–Kier alpha value is -1.26. The number of carbonyl (C=O) groups is 2. The van der Waals surface area contributed by atoms with Crippen molar-refractivity contribution in [3.8, 4) is 0 Å². The van der Waals surface area contributed by atoms with E-state index in [9.17, 15) is 9.59 Å². The van der Waals surface area contributed by atoms with Crippen LogP contribution in [-0.2, 0) is 4.79 Å². The average molecular weight is 226 g/mol. The van der Waals surface area contributed by atoms with E-state index in [1.165, 1.54) is 0 Å². The van der Waals surface area contributed by atoms with Gasteiger partial charge in [0.05, 0.1) is 0 Å². The third-order valence-electron chi connectivity index (χ3n) is 3.35. The number of hydrogen-bond donors (Lipinski definition) is 3. The molecule has 0 aromatic carbocycles. The zero-order valence-electron chi connectivity index (χ0n) is 9.24. The molecule has 2 amide bonds. The molecule has 5 nitrogen and oxygen atoms in total. The molecule has 0 atom stereocenters. The van der Waals surface area contributed by atoms with Crippen LogP contribution in [0.4, 0.5) is 4.79 Å². The van der Waals surface area contributed by atoms with Crippen molar-refractivity contribution in [1.82, 2.24) is 10.6 Å². The van der Waals surface area contributed by atoms with Crippen molar-refractivity contribution in [2.75, 3.05) is 0 Å². The molecular weight excluding hydrogens is 208 g/mol. The van der Waals surface area contributed by atoms with E-state index in [0.717, 1.165) is 38.5 Å². The normalized spacial score (nSPS) is 29.5. The monoisotopic (exact) mass is 226 g/mol. The Kier molecular flexibility index (Phi) is 3.31. The third kappa shape index (κ3) is 3.12. The first-order valence-electron chi connectivity index (χ1n) is 5.95. The fourth-order valence-corrected chi connectivity index (χ4v) is 2.22. The van der Waals surface area contributed by atoms with Gasteiger partial charge in [-0.2, -0.15) is 0 Å². The summed E-state index contributed by atoms with van der Waals surface area (Å²) in [7, 11) is 0. The molecule has 0 bridgehead atoms. The van der Waals surface area contributed by atoms with Crippen LogP contribution < -0.4 is 10.6 Å². The fourth-order valence-electron chi connectivity index (χ4n) is 2.22. The summed E-state index contributed by atoms with van der Waals surface area (Å²) in [6, 6.07) is 0.449. The molecule has 0 heterocycles. The molecule has 3 N–H and O–H groups in total.